The molecule has 2 heterocycles. The van der Waals surface area contributed by atoms with Gasteiger partial charge < -0.3 is 5.32 Å². The lowest BCUT2D eigenvalue weighted by Gasteiger charge is -2.24. The van der Waals surface area contributed by atoms with Crippen LogP contribution in [-0.4, -0.2) is 20.8 Å². The van der Waals surface area contributed by atoms with E-state index in [0.29, 0.717) is 11.2 Å². The van der Waals surface area contributed by atoms with Crippen LogP contribution in [-0.2, 0) is 7.05 Å². The summed E-state index contributed by atoms with van der Waals surface area (Å²) in [7, 11) is 1.88. The minimum absolute atomic E-state index is 0.491. The van der Waals surface area contributed by atoms with Gasteiger partial charge in [-0.15, -0.1) is 0 Å². The molecule has 1 aliphatic rings. The fourth-order valence-electron chi connectivity index (χ4n) is 2.74. The molecule has 0 atom stereocenters. The van der Waals surface area contributed by atoms with Gasteiger partial charge in [-0.2, -0.15) is 5.10 Å². The van der Waals surface area contributed by atoms with Crippen LogP contribution in [0.25, 0.3) is 0 Å². The van der Waals surface area contributed by atoms with E-state index in [0.717, 1.165) is 16.8 Å². The monoisotopic (exact) mass is 314 g/mol. The van der Waals surface area contributed by atoms with Crippen LogP contribution in [0, 0.1) is 11.8 Å². The molecule has 1 N–H and O–H groups in total. The normalized spacial score (nSPS) is 15.2. The Kier molecular flexibility index (Phi) is 4.65. The summed E-state index contributed by atoms with van der Waals surface area (Å²) in [5, 5.41) is 8.20. The first-order valence-electron chi connectivity index (χ1n) is 7.63. The van der Waals surface area contributed by atoms with Crippen molar-refractivity contribution >= 4 is 17.3 Å². The standard InChI is InChI=1S/C17H19ClN4/c1-22-12-13(10-20-22)7-8-14-11-19-17(18)9-16(14)21-15-5-3-2-4-6-15/h9-12,15H,2-6H2,1H3,(H,19,21). The zero-order chi connectivity index (χ0) is 15.4. The molecular weight excluding hydrogens is 296 g/mol. The van der Waals surface area contributed by atoms with Gasteiger partial charge in [-0.1, -0.05) is 42.7 Å². The van der Waals surface area contributed by atoms with E-state index in [1.54, 1.807) is 17.1 Å². The molecule has 0 radical (unpaired) electrons. The highest BCUT2D eigenvalue weighted by Crippen LogP contribution is 2.24. The molecule has 3 rings (SSSR count). The molecule has 2 aromatic heterocycles. The summed E-state index contributed by atoms with van der Waals surface area (Å²) in [5.41, 5.74) is 2.74. The first kappa shape index (κ1) is 14.9. The topological polar surface area (TPSA) is 42.7 Å². The zero-order valence-corrected chi connectivity index (χ0v) is 13.4. The van der Waals surface area contributed by atoms with E-state index in [9.17, 15) is 0 Å². The van der Waals surface area contributed by atoms with Crippen molar-refractivity contribution in [3.05, 3.63) is 40.9 Å². The molecule has 0 saturated heterocycles. The third-order valence-corrected chi connectivity index (χ3v) is 4.09. The van der Waals surface area contributed by atoms with Crippen LogP contribution in [0.1, 0.15) is 43.2 Å². The molecule has 4 nitrogen and oxygen atoms in total. The van der Waals surface area contributed by atoms with E-state index in [2.05, 4.69) is 27.2 Å². The van der Waals surface area contributed by atoms with Crippen LogP contribution in [0.2, 0.25) is 5.15 Å². The first-order chi connectivity index (χ1) is 10.7. The number of hydrogen-bond donors (Lipinski definition) is 1. The average molecular weight is 315 g/mol. The molecule has 22 heavy (non-hydrogen) atoms. The Bertz CT molecular complexity index is 705. The average Bonchev–Trinajstić information content (AvgIpc) is 2.93. The molecule has 0 spiro atoms. The summed E-state index contributed by atoms with van der Waals surface area (Å²) in [4.78, 5) is 4.15. The molecule has 1 fully saturated rings. The van der Waals surface area contributed by atoms with Gasteiger partial charge in [0.05, 0.1) is 23.0 Å². The summed E-state index contributed by atoms with van der Waals surface area (Å²) in [6.07, 6.45) is 11.7. The number of nitrogens with one attached hydrogen (secondary N) is 1. The van der Waals surface area contributed by atoms with Crippen molar-refractivity contribution in [1.82, 2.24) is 14.8 Å². The van der Waals surface area contributed by atoms with E-state index in [1.807, 2.05) is 19.3 Å². The highest BCUT2D eigenvalue weighted by Gasteiger charge is 2.14. The van der Waals surface area contributed by atoms with Crippen molar-refractivity contribution in [1.29, 1.82) is 0 Å². The molecular formula is C17H19ClN4. The lowest BCUT2D eigenvalue weighted by atomic mass is 9.95. The first-order valence-corrected chi connectivity index (χ1v) is 8.01. The highest BCUT2D eigenvalue weighted by molar-refractivity contribution is 6.29. The van der Waals surface area contributed by atoms with Gasteiger partial charge in [0.1, 0.15) is 5.15 Å². The van der Waals surface area contributed by atoms with Crippen LogP contribution in [0.15, 0.2) is 24.7 Å². The third-order valence-electron chi connectivity index (χ3n) is 3.88. The minimum Gasteiger partial charge on any atom is -0.381 e. The number of hydrogen-bond acceptors (Lipinski definition) is 3. The molecule has 0 bridgehead atoms. The summed E-state index contributed by atoms with van der Waals surface area (Å²) >= 11 is 6.04. The number of nitrogens with zero attached hydrogens (tertiary/aromatic N) is 3. The number of rotatable bonds is 2. The smallest absolute Gasteiger partial charge is 0.131 e. The van der Waals surface area contributed by atoms with Crippen molar-refractivity contribution in [3.8, 4) is 11.8 Å². The quantitative estimate of drug-likeness (QED) is 0.680. The molecule has 1 aliphatic carbocycles. The second kappa shape index (κ2) is 6.85. The molecule has 0 unspecified atom stereocenters. The number of aromatic nitrogens is 3. The lowest BCUT2D eigenvalue weighted by molar-refractivity contribution is 0.462. The van der Waals surface area contributed by atoms with Crippen LogP contribution in [0.3, 0.4) is 0 Å². The van der Waals surface area contributed by atoms with Gasteiger partial charge in [-0.3, -0.25) is 4.68 Å². The van der Waals surface area contributed by atoms with E-state index in [4.69, 9.17) is 11.6 Å². The molecule has 0 amide bonds. The lowest BCUT2D eigenvalue weighted by Crippen LogP contribution is -2.22. The number of anilines is 1. The van der Waals surface area contributed by atoms with Gasteiger partial charge in [0.2, 0.25) is 0 Å². The summed E-state index contributed by atoms with van der Waals surface area (Å²) in [6, 6.07) is 2.37. The molecule has 2 aromatic rings. The fraction of sp³-hybridized carbons (Fsp3) is 0.412. The maximum Gasteiger partial charge on any atom is 0.131 e. The molecule has 114 valence electrons. The van der Waals surface area contributed by atoms with Crippen molar-refractivity contribution in [2.24, 2.45) is 7.05 Å². The minimum atomic E-state index is 0.491. The highest BCUT2D eigenvalue weighted by atomic mass is 35.5. The van der Waals surface area contributed by atoms with Crippen LogP contribution in [0.5, 0.6) is 0 Å². The maximum atomic E-state index is 6.04. The van der Waals surface area contributed by atoms with Gasteiger partial charge in [-0.05, 0) is 18.9 Å². The third kappa shape index (κ3) is 3.80. The zero-order valence-electron chi connectivity index (χ0n) is 12.6. The molecule has 1 saturated carbocycles. The van der Waals surface area contributed by atoms with E-state index >= 15 is 0 Å². The van der Waals surface area contributed by atoms with E-state index < -0.39 is 0 Å². The largest absolute Gasteiger partial charge is 0.381 e. The summed E-state index contributed by atoms with van der Waals surface area (Å²) in [5.74, 6) is 6.30. The number of halogens is 1. The van der Waals surface area contributed by atoms with Crippen molar-refractivity contribution < 1.29 is 0 Å². The molecule has 5 heteroatoms. The van der Waals surface area contributed by atoms with Crippen molar-refractivity contribution in [2.45, 2.75) is 38.1 Å². The molecule has 0 aromatic carbocycles. The second-order valence-corrected chi connectivity index (χ2v) is 6.07. The number of aryl methyl sites for hydroxylation is 1. The van der Waals surface area contributed by atoms with Crippen LogP contribution >= 0.6 is 11.6 Å². The van der Waals surface area contributed by atoms with E-state index in [-0.39, 0.29) is 0 Å². The predicted molar refractivity (Wildman–Crippen MR) is 88.9 cm³/mol. The van der Waals surface area contributed by atoms with Crippen molar-refractivity contribution in [2.75, 3.05) is 5.32 Å². The Labute approximate surface area is 135 Å². The second-order valence-electron chi connectivity index (χ2n) is 5.68. The number of pyridine rings is 1. The molecule has 0 aliphatic heterocycles. The summed E-state index contributed by atoms with van der Waals surface area (Å²) in [6.45, 7) is 0. The Hall–Kier alpha value is -1.99. The van der Waals surface area contributed by atoms with Gasteiger partial charge >= 0.3 is 0 Å². The maximum absolute atomic E-state index is 6.04. The Morgan fingerprint density at radius 3 is 2.77 bits per heavy atom. The van der Waals surface area contributed by atoms with E-state index in [1.165, 1.54) is 32.1 Å². The van der Waals surface area contributed by atoms with Crippen LogP contribution < -0.4 is 5.32 Å². The summed E-state index contributed by atoms with van der Waals surface area (Å²) < 4.78 is 1.74. The van der Waals surface area contributed by atoms with Gasteiger partial charge in [0.25, 0.3) is 0 Å². The Morgan fingerprint density at radius 1 is 1.23 bits per heavy atom. The van der Waals surface area contributed by atoms with Gasteiger partial charge in [0, 0.05) is 25.5 Å². The fourth-order valence-corrected chi connectivity index (χ4v) is 2.90. The van der Waals surface area contributed by atoms with Gasteiger partial charge in [-0.25, -0.2) is 4.98 Å². The Balaban J connectivity index is 1.82. The predicted octanol–water partition coefficient (Wildman–Crippen LogP) is 3.61. The Morgan fingerprint density at radius 2 is 2.05 bits per heavy atom. The van der Waals surface area contributed by atoms with Gasteiger partial charge in [0.15, 0.2) is 0 Å². The van der Waals surface area contributed by atoms with Crippen LogP contribution in [0.4, 0.5) is 5.69 Å². The SMILES string of the molecule is Cn1cc(C#Cc2cnc(Cl)cc2NC2CCCCC2)cn1. The van der Waals surface area contributed by atoms with Crippen molar-refractivity contribution in [3.63, 3.8) is 0 Å².